The fourth-order valence-electron chi connectivity index (χ4n) is 0.834. The summed E-state index contributed by atoms with van der Waals surface area (Å²) in [4.78, 5) is 21.7. The van der Waals surface area contributed by atoms with Crippen molar-refractivity contribution >= 4 is 21.8 Å². The SMILES string of the molecule is C=CC(=O)C(CCS(=O)(=O)O)C(N)=O. The second kappa shape index (κ2) is 4.87. The van der Waals surface area contributed by atoms with E-state index in [-0.39, 0.29) is 6.42 Å². The molecule has 0 aliphatic heterocycles. The van der Waals surface area contributed by atoms with Crippen LogP contribution in [0.3, 0.4) is 0 Å². The zero-order valence-corrected chi connectivity index (χ0v) is 8.16. The first-order chi connectivity index (χ1) is 6.28. The molecule has 0 aliphatic rings. The second-order valence-corrected chi connectivity index (χ2v) is 4.21. The van der Waals surface area contributed by atoms with Crippen LogP contribution in [-0.2, 0) is 19.7 Å². The number of hydrogen-bond donors (Lipinski definition) is 2. The largest absolute Gasteiger partial charge is 0.369 e. The first-order valence-electron chi connectivity index (χ1n) is 3.68. The average molecular weight is 221 g/mol. The molecule has 0 radical (unpaired) electrons. The lowest BCUT2D eigenvalue weighted by Crippen LogP contribution is -2.31. The van der Waals surface area contributed by atoms with Crippen molar-refractivity contribution in [3.05, 3.63) is 12.7 Å². The van der Waals surface area contributed by atoms with Crippen LogP contribution in [0.4, 0.5) is 0 Å². The number of primary amides is 1. The maximum atomic E-state index is 11.0. The topological polar surface area (TPSA) is 115 Å². The third-order valence-electron chi connectivity index (χ3n) is 1.55. The fraction of sp³-hybridized carbons (Fsp3) is 0.429. The van der Waals surface area contributed by atoms with Gasteiger partial charge in [0.1, 0.15) is 5.92 Å². The lowest BCUT2D eigenvalue weighted by atomic mass is 10.0. The summed E-state index contributed by atoms with van der Waals surface area (Å²) in [6, 6.07) is 0. The van der Waals surface area contributed by atoms with E-state index in [0.29, 0.717) is 0 Å². The Morgan fingerprint density at radius 2 is 2.00 bits per heavy atom. The van der Waals surface area contributed by atoms with Gasteiger partial charge in [-0.25, -0.2) is 0 Å². The normalized spacial score (nSPS) is 13.2. The van der Waals surface area contributed by atoms with Crippen LogP contribution in [0.1, 0.15) is 6.42 Å². The molecule has 0 aliphatic carbocycles. The van der Waals surface area contributed by atoms with Gasteiger partial charge in [-0.05, 0) is 12.5 Å². The third-order valence-corrected chi connectivity index (χ3v) is 2.30. The number of ketones is 1. The van der Waals surface area contributed by atoms with Crippen LogP contribution in [0.5, 0.6) is 0 Å². The molecule has 0 aromatic rings. The number of allylic oxidation sites excluding steroid dienone is 1. The minimum absolute atomic E-state index is 0.334. The van der Waals surface area contributed by atoms with Gasteiger partial charge >= 0.3 is 0 Å². The van der Waals surface area contributed by atoms with Crippen molar-refractivity contribution in [2.24, 2.45) is 11.7 Å². The second-order valence-electron chi connectivity index (χ2n) is 2.64. The van der Waals surface area contributed by atoms with Gasteiger partial charge < -0.3 is 5.73 Å². The van der Waals surface area contributed by atoms with Crippen molar-refractivity contribution in [3.8, 4) is 0 Å². The van der Waals surface area contributed by atoms with Crippen LogP contribution in [0.25, 0.3) is 0 Å². The van der Waals surface area contributed by atoms with Crippen molar-refractivity contribution in [1.82, 2.24) is 0 Å². The number of rotatable bonds is 6. The Bertz CT molecular complexity index is 345. The lowest BCUT2D eigenvalue weighted by Gasteiger charge is -2.07. The highest BCUT2D eigenvalue weighted by Crippen LogP contribution is 2.06. The summed E-state index contributed by atoms with van der Waals surface area (Å²) in [6.07, 6.45) is 0.554. The minimum Gasteiger partial charge on any atom is -0.369 e. The highest BCUT2D eigenvalue weighted by atomic mass is 32.2. The minimum atomic E-state index is -4.19. The monoisotopic (exact) mass is 221 g/mol. The molecule has 3 N–H and O–H groups in total. The molecule has 14 heavy (non-hydrogen) atoms. The zero-order chi connectivity index (χ0) is 11.4. The quantitative estimate of drug-likeness (QED) is 0.343. The van der Waals surface area contributed by atoms with Crippen molar-refractivity contribution in [1.29, 1.82) is 0 Å². The Morgan fingerprint density at radius 1 is 1.50 bits per heavy atom. The highest BCUT2D eigenvalue weighted by molar-refractivity contribution is 7.85. The maximum Gasteiger partial charge on any atom is 0.264 e. The molecule has 1 atom stereocenters. The van der Waals surface area contributed by atoms with Crippen molar-refractivity contribution in [2.45, 2.75) is 6.42 Å². The van der Waals surface area contributed by atoms with Gasteiger partial charge in [-0.1, -0.05) is 6.58 Å². The summed E-state index contributed by atoms with van der Waals surface area (Å²) in [5, 5.41) is 0. The van der Waals surface area contributed by atoms with Gasteiger partial charge in [-0.3, -0.25) is 14.1 Å². The van der Waals surface area contributed by atoms with Gasteiger partial charge in [0.2, 0.25) is 5.91 Å². The van der Waals surface area contributed by atoms with Gasteiger partial charge in [0, 0.05) is 0 Å². The van der Waals surface area contributed by atoms with Gasteiger partial charge in [0.05, 0.1) is 5.75 Å². The molecule has 0 spiro atoms. The molecule has 0 saturated heterocycles. The van der Waals surface area contributed by atoms with E-state index in [2.05, 4.69) is 6.58 Å². The van der Waals surface area contributed by atoms with E-state index in [1.54, 1.807) is 0 Å². The van der Waals surface area contributed by atoms with E-state index in [9.17, 15) is 18.0 Å². The number of hydrogen-bond acceptors (Lipinski definition) is 4. The molecule has 0 bridgehead atoms. The Balaban J connectivity index is 4.48. The van der Waals surface area contributed by atoms with Crippen molar-refractivity contribution in [2.75, 3.05) is 5.75 Å². The Kier molecular flexibility index (Phi) is 4.45. The predicted octanol–water partition coefficient (Wildman–Crippen LogP) is -0.879. The van der Waals surface area contributed by atoms with Crippen LogP contribution < -0.4 is 5.73 Å². The summed E-state index contributed by atoms with van der Waals surface area (Å²) < 4.78 is 29.1. The molecule has 0 aromatic heterocycles. The first kappa shape index (κ1) is 12.8. The standard InChI is InChI=1S/C7H11NO5S/c1-2-6(9)5(7(8)10)3-4-14(11,12)13/h2,5H,1,3-4H2,(H2,8,10)(H,11,12,13). The molecule has 0 saturated carbocycles. The van der Waals surface area contributed by atoms with E-state index in [1.807, 2.05) is 0 Å². The third kappa shape index (κ3) is 4.73. The molecule has 80 valence electrons. The molecule has 0 fully saturated rings. The van der Waals surface area contributed by atoms with E-state index in [1.165, 1.54) is 0 Å². The summed E-state index contributed by atoms with van der Waals surface area (Å²) in [5.74, 6) is -3.51. The maximum absolute atomic E-state index is 11.0. The van der Waals surface area contributed by atoms with E-state index < -0.39 is 33.5 Å². The zero-order valence-electron chi connectivity index (χ0n) is 7.34. The van der Waals surface area contributed by atoms with Crippen LogP contribution in [0.2, 0.25) is 0 Å². The lowest BCUT2D eigenvalue weighted by molar-refractivity contribution is -0.129. The van der Waals surface area contributed by atoms with E-state index >= 15 is 0 Å². The fourth-order valence-corrected chi connectivity index (χ4v) is 1.37. The average Bonchev–Trinajstić information content (AvgIpc) is 2.01. The van der Waals surface area contributed by atoms with Crippen molar-refractivity contribution in [3.63, 3.8) is 0 Å². The van der Waals surface area contributed by atoms with E-state index in [0.717, 1.165) is 6.08 Å². The highest BCUT2D eigenvalue weighted by Gasteiger charge is 2.23. The van der Waals surface area contributed by atoms with Crippen LogP contribution in [0, 0.1) is 5.92 Å². The smallest absolute Gasteiger partial charge is 0.264 e. The van der Waals surface area contributed by atoms with Gasteiger partial charge in [-0.2, -0.15) is 8.42 Å². The van der Waals surface area contributed by atoms with Crippen LogP contribution >= 0.6 is 0 Å². The van der Waals surface area contributed by atoms with Crippen LogP contribution in [0.15, 0.2) is 12.7 Å². The molecule has 0 aromatic carbocycles. The summed E-state index contributed by atoms with van der Waals surface area (Å²) >= 11 is 0. The summed E-state index contributed by atoms with van der Waals surface area (Å²) in [5.41, 5.74) is 4.86. The summed E-state index contributed by atoms with van der Waals surface area (Å²) in [7, 11) is -4.19. The van der Waals surface area contributed by atoms with Gasteiger partial charge in [0.25, 0.3) is 10.1 Å². The molecule has 0 rings (SSSR count). The molecular weight excluding hydrogens is 210 g/mol. The number of carbonyl (C=O) groups is 2. The Morgan fingerprint density at radius 3 is 2.29 bits per heavy atom. The van der Waals surface area contributed by atoms with Crippen molar-refractivity contribution < 1.29 is 22.6 Å². The summed E-state index contributed by atoms with van der Waals surface area (Å²) in [6.45, 7) is 3.14. The predicted molar refractivity (Wildman–Crippen MR) is 48.9 cm³/mol. The molecular formula is C7H11NO5S. The Labute approximate surface area is 81.5 Å². The molecule has 1 amide bonds. The number of nitrogens with two attached hydrogens (primary N) is 1. The van der Waals surface area contributed by atoms with Crippen LogP contribution in [-0.4, -0.2) is 30.4 Å². The van der Waals surface area contributed by atoms with Gasteiger partial charge in [0.15, 0.2) is 5.78 Å². The molecule has 6 nitrogen and oxygen atoms in total. The number of amides is 1. The van der Waals surface area contributed by atoms with Gasteiger partial charge in [-0.15, -0.1) is 0 Å². The number of carbonyl (C=O) groups excluding carboxylic acids is 2. The Hall–Kier alpha value is -1.21. The molecule has 1 unspecified atom stereocenters. The van der Waals surface area contributed by atoms with E-state index in [4.69, 9.17) is 10.3 Å². The molecule has 0 heterocycles. The molecule has 7 heteroatoms. The first-order valence-corrected chi connectivity index (χ1v) is 5.29.